The number of hydrogen-bond acceptors (Lipinski definition) is 5. The van der Waals surface area contributed by atoms with Gasteiger partial charge in [0.2, 0.25) is 0 Å². The van der Waals surface area contributed by atoms with Crippen molar-refractivity contribution in [1.82, 2.24) is 20.4 Å². The number of nitrogens with one attached hydrogen (secondary N) is 2. The van der Waals surface area contributed by atoms with Gasteiger partial charge in [-0.05, 0) is 18.2 Å². The summed E-state index contributed by atoms with van der Waals surface area (Å²) in [6.45, 7) is 2.52. The number of benzene rings is 1. The molecule has 1 aliphatic rings. The van der Waals surface area contributed by atoms with Gasteiger partial charge in [-0.1, -0.05) is 18.2 Å². The number of carbonyl (C=O) groups is 2. The zero-order valence-electron chi connectivity index (χ0n) is 15.5. The number of aromatic nitrogens is 2. The van der Waals surface area contributed by atoms with E-state index >= 15 is 0 Å². The molecular weight excluding hydrogens is 358 g/mol. The lowest BCUT2D eigenvalue weighted by molar-refractivity contribution is 0.0847. The second-order valence-corrected chi connectivity index (χ2v) is 6.55. The van der Waals surface area contributed by atoms with Crippen LogP contribution in [0.15, 0.2) is 48.8 Å². The van der Waals surface area contributed by atoms with E-state index in [0.29, 0.717) is 43.2 Å². The van der Waals surface area contributed by atoms with Crippen molar-refractivity contribution in [2.75, 3.05) is 31.2 Å². The fraction of sp³-hybridized carbons (Fsp3) is 0.250. The third kappa shape index (κ3) is 3.41. The fourth-order valence-electron chi connectivity index (χ4n) is 3.37. The Bertz CT molecular complexity index is 1020. The van der Waals surface area contributed by atoms with Crippen LogP contribution < -0.4 is 15.8 Å². The molecule has 2 N–H and O–H groups in total. The Morgan fingerprint density at radius 3 is 2.50 bits per heavy atom. The molecule has 1 aliphatic heterocycles. The van der Waals surface area contributed by atoms with Gasteiger partial charge >= 0.3 is 0 Å². The lowest BCUT2D eigenvalue weighted by Gasteiger charge is -2.29. The molecule has 2 amide bonds. The van der Waals surface area contributed by atoms with Gasteiger partial charge in [-0.15, -0.1) is 0 Å². The van der Waals surface area contributed by atoms with Crippen LogP contribution in [0.2, 0.25) is 0 Å². The van der Waals surface area contributed by atoms with E-state index in [2.05, 4.69) is 15.8 Å². The summed E-state index contributed by atoms with van der Waals surface area (Å²) in [5.41, 5.74) is 6.86. The highest BCUT2D eigenvalue weighted by Crippen LogP contribution is 2.20. The third-order valence-corrected chi connectivity index (χ3v) is 4.77. The smallest absolute Gasteiger partial charge is 0.273 e. The van der Waals surface area contributed by atoms with Crippen molar-refractivity contribution >= 4 is 28.5 Å². The molecule has 8 nitrogen and oxygen atoms in total. The summed E-state index contributed by atoms with van der Waals surface area (Å²) in [6, 6.07) is 11.0. The molecule has 0 bridgehead atoms. The first-order chi connectivity index (χ1) is 13.6. The number of hydrazine groups is 1. The average Bonchev–Trinajstić information content (AvgIpc) is 3.09. The number of pyridine rings is 1. The summed E-state index contributed by atoms with van der Waals surface area (Å²) in [6.07, 6.45) is 3.39. The van der Waals surface area contributed by atoms with Crippen molar-refractivity contribution < 1.29 is 14.3 Å². The van der Waals surface area contributed by atoms with E-state index in [-0.39, 0.29) is 5.91 Å². The monoisotopic (exact) mass is 379 g/mol. The van der Waals surface area contributed by atoms with Crippen LogP contribution in [-0.4, -0.2) is 47.7 Å². The molecule has 28 heavy (non-hydrogen) atoms. The summed E-state index contributed by atoms with van der Waals surface area (Å²) in [5.74, 6) is -0.201. The summed E-state index contributed by atoms with van der Waals surface area (Å²) in [4.78, 5) is 31.6. The van der Waals surface area contributed by atoms with Crippen LogP contribution in [0.4, 0.5) is 5.82 Å². The van der Waals surface area contributed by atoms with E-state index < -0.39 is 5.91 Å². The maximum atomic E-state index is 12.7. The largest absolute Gasteiger partial charge is 0.378 e. The van der Waals surface area contributed by atoms with Gasteiger partial charge in [-0.2, -0.15) is 0 Å². The number of amides is 2. The van der Waals surface area contributed by atoms with Crippen LogP contribution in [0, 0.1) is 0 Å². The predicted octanol–water partition coefficient (Wildman–Crippen LogP) is 1.48. The van der Waals surface area contributed by atoms with Gasteiger partial charge < -0.3 is 14.2 Å². The van der Waals surface area contributed by atoms with Crippen molar-refractivity contribution in [2.24, 2.45) is 7.05 Å². The molecule has 0 radical (unpaired) electrons. The summed E-state index contributed by atoms with van der Waals surface area (Å²) in [7, 11) is 1.88. The number of anilines is 1. The van der Waals surface area contributed by atoms with Crippen LogP contribution in [0.1, 0.15) is 20.7 Å². The van der Waals surface area contributed by atoms with Gasteiger partial charge in [-0.25, -0.2) is 4.98 Å². The summed E-state index contributed by atoms with van der Waals surface area (Å²) < 4.78 is 7.24. The standard InChI is InChI=1S/C20H21N5O3/c1-24-13-16(14-5-2-3-7-17(14)24)20(27)23-22-19(26)15-6-4-8-21-18(15)25-9-11-28-12-10-25/h2-8,13H,9-12H2,1H3,(H,22,26)(H,23,27). The quantitative estimate of drug-likeness (QED) is 0.673. The Kier molecular flexibility index (Phi) is 4.94. The molecule has 0 aliphatic carbocycles. The van der Waals surface area contributed by atoms with Gasteiger partial charge in [0.05, 0.1) is 24.3 Å². The van der Waals surface area contributed by atoms with Gasteiger partial charge in [0, 0.05) is 43.4 Å². The Labute approximate surface area is 162 Å². The highest BCUT2D eigenvalue weighted by atomic mass is 16.5. The van der Waals surface area contributed by atoms with Crippen LogP contribution in [0.5, 0.6) is 0 Å². The first-order valence-electron chi connectivity index (χ1n) is 9.07. The Balaban J connectivity index is 1.49. The summed E-state index contributed by atoms with van der Waals surface area (Å²) in [5, 5.41) is 0.826. The van der Waals surface area contributed by atoms with Crippen LogP contribution in [-0.2, 0) is 11.8 Å². The lowest BCUT2D eigenvalue weighted by atomic mass is 10.2. The first kappa shape index (κ1) is 18.0. The topological polar surface area (TPSA) is 88.5 Å². The molecule has 1 aromatic carbocycles. The first-order valence-corrected chi connectivity index (χ1v) is 9.07. The second kappa shape index (κ2) is 7.69. The number of hydrogen-bond donors (Lipinski definition) is 2. The minimum Gasteiger partial charge on any atom is -0.378 e. The van der Waals surface area contributed by atoms with Crippen LogP contribution in [0.3, 0.4) is 0 Å². The Hall–Kier alpha value is -3.39. The van der Waals surface area contributed by atoms with E-state index in [1.165, 1.54) is 0 Å². The van der Waals surface area contributed by atoms with Crippen molar-refractivity contribution in [1.29, 1.82) is 0 Å². The fourth-order valence-corrected chi connectivity index (χ4v) is 3.37. The van der Waals surface area contributed by atoms with E-state index in [9.17, 15) is 9.59 Å². The third-order valence-electron chi connectivity index (χ3n) is 4.77. The molecule has 3 heterocycles. The molecule has 144 valence electrons. The molecule has 1 saturated heterocycles. The van der Waals surface area contributed by atoms with Crippen LogP contribution >= 0.6 is 0 Å². The van der Waals surface area contributed by atoms with Gasteiger partial charge in [0.15, 0.2) is 0 Å². The predicted molar refractivity (Wildman–Crippen MR) is 105 cm³/mol. The van der Waals surface area contributed by atoms with Crippen molar-refractivity contribution in [3.63, 3.8) is 0 Å². The second-order valence-electron chi connectivity index (χ2n) is 6.55. The van der Waals surface area contributed by atoms with Gasteiger partial charge in [-0.3, -0.25) is 20.4 Å². The number of morpholine rings is 1. The minimum atomic E-state index is -0.414. The van der Waals surface area contributed by atoms with E-state index in [1.54, 1.807) is 24.5 Å². The van der Waals surface area contributed by atoms with E-state index in [1.807, 2.05) is 40.8 Å². The zero-order chi connectivity index (χ0) is 19.5. The highest BCUT2D eigenvalue weighted by Gasteiger charge is 2.21. The number of para-hydroxylation sites is 1. The van der Waals surface area contributed by atoms with Crippen LogP contribution in [0.25, 0.3) is 10.9 Å². The van der Waals surface area contributed by atoms with Crippen molar-refractivity contribution in [2.45, 2.75) is 0 Å². The molecule has 8 heteroatoms. The number of ether oxygens (including phenoxy) is 1. The lowest BCUT2D eigenvalue weighted by Crippen LogP contribution is -2.43. The van der Waals surface area contributed by atoms with Gasteiger partial charge in [0.1, 0.15) is 5.82 Å². The molecule has 0 spiro atoms. The molecule has 0 atom stereocenters. The number of fused-ring (bicyclic) bond motifs is 1. The molecule has 0 saturated carbocycles. The molecule has 0 unspecified atom stereocenters. The number of nitrogens with zero attached hydrogens (tertiary/aromatic N) is 3. The summed E-state index contributed by atoms with van der Waals surface area (Å²) >= 11 is 0. The molecule has 3 aromatic rings. The Morgan fingerprint density at radius 2 is 1.71 bits per heavy atom. The maximum absolute atomic E-state index is 12.7. The number of rotatable bonds is 3. The molecule has 2 aromatic heterocycles. The van der Waals surface area contributed by atoms with Crippen molar-refractivity contribution in [3.05, 3.63) is 59.9 Å². The number of carbonyl (C=O) groups excluding carboxylic acids is 2. The maximum Gasteiger partial charge on any atom is 0.273 e. The zero-order valence-corrected chi connectivity index (χ0v) is 15.5. The molecule has 4 rings (SSSR count). The number of aryl methyl sites for hydroxylation is 1. The van der Waals surface area contributed by atoms with E-state index in [4.69, 9.17) is 4.74 Å². The average molecular weight is 379 g/mol. The minimum absolute atomic E-state index is 0.373. The van der Waals surface area contributed by atoms with E-state index in [0.717, 1.165) is 10.9 Å². The highest BCUT2D eigenvalue weighted by molar-refractivity contribution is 6.08. The SMILES string of the molecule is Cn1cc(C(=O)NNC(=O)c2cccnc2N2CCOCC2)c2ccccc21. The normalized spacial score (nSPS) is 14.1. The molecular formula is C20H21N5O3. The van der Waals surface area contributed by atoms with Gasteiger partial charge in [0.25, 0.3) is 11.8 Å². The molecule has 1 fully saturated rings. The Morgan fingerprint density at radius 1 is 1.00 bits per heavy atom. The van der Waals surface area contributed by atoms with Crippen molar-refractivity contribution in [3.8, 4) is 0 Å².